The Morgan fingerprint density at radius 1 is 1.28 bits per heavy atom. The van der Waals surface area contributed by atoms with Gasteiger partial charge in [-0.2, -0.15) is 5.10 Å². The first-order valence-corrected chi connectivity index (χ1v) is 8.63. The number of nitrogens with zero attached hydrogens (tertiary/aromatic N) is 2. The van der Waals surface area contributed by atoms with E-state index in [1.807, 2.05) is 54.4 Å². The molecule has 0 amide bonds. The predicted octanol–water partition coefficient (Wildman–Crippen LogP) is 5.06. The monoisotopic (exact) mass is 354 g/mol. The van der Waals surface area contributed by atoms with E-state index in [1.165, 1.54) is 0 Å². The zero-order chi connectivity index (χ0) is 17.6. The maximum Gasteiger partial charge on any atom is 0.218 e. The second kappa shape index (κ2) is 5.81. The Morgan fingerprint density at radius 3 is 2.72 bits per heavy atom. The predicted molar refractivity (Wildman–Crippen MR) is 99.0 cm³/mol. The third-order valence-corrected chi connectivity index (χ3v) is 4.87. The van der Waals surface area contributed by atoms with Crippen molar-refractivity contribution in [1.29, 1.82) is 0 Å². The van der Waals surface area contributed by atoms with Crippen LogP contribution in [0, 0.1) is 0 Å². The van der Waals surface area contributed by atoms with Crippen molar-refractivity contribution in [2.45, 2.75) is 32.0 Å². The lowest BCUT2D eigenvalue weighted by molar-refractivity contribution is -0.0697. The van der Waals surface area contributed by atoms with E-state index in [0.29, 0.717) is 5.02 Å². The number of hydrazone groups is 1. The van der Waals surface area contributed by atoms with E-state index < -0.39 is 5.72 Å². The molecule has 0 saturated heterocycles. The number of allylic oxidation sites excluding steroid dienone is 1. The summed E-state index contributed by atoms with van der Waals surface area (Å²) >= 11 is 6.00. The van der Waals surface area contributed by atoms with Gasteiger partial charge in [0, 0.05) is 30.0 Å². The summed E-state index contributed by atoms with van der Waals surface area (Å²) in [5, 5.41) is 17.3. The van der Waals surface area contributed by atoms with Crippen molar-refractivity contribution in [2.75, 3.05) is 0 Å². The molecule has 2 atom stereocenters. The molecule has 25 heavy (non-hydrogen) atoms. The molecular formula is C20H19ClN2O2. The van der Waals surface area contributed by atoms with Crippen molar-refractivity contribution in [2.24, 2.45) is 5.10 Å². The molecule has 0 radical (unpaired) electrons. The molecule has 0 aliphatic carbocycles. The summed E-state index contributed by atoms with van der Waals surface area (Å²) in [6.07, 6.45) is 2.47. The van der Waals surface area contributed by atoms with E-state index in [0.717, 1.165) is 29.0 Å². The highest BCUT2D eigenvalue weighted by molar-refractivity contribution is 6.30. The molecule has 128 valence electrons. The Kier molecular flexibility index (Phi) is 3.73. The van der Waals surface area contributed by atoms with Gasteiger partial charge in [-0.05, 0) is 30.7 Å². The Morgan fingerprint density at radius 2 is 2.00 bits per heavy atom. The van der Waals surface area contributed by atoms with Crippen molar-refractivity contribution in [3.63, 3.8) is 0 Å². The fourth-order valence-corrected chi connectivity index (χ4v) is 3.71. The third kappa shape index (κ3) is 2.76. The van der Waals surface area contributed by atoms with Gasteiger partial charge in [0.25, 0.3) is 0 Å². The van der Waals surface area contributed by atoms with Crippen molar-refractivity contribution < 1.29 is 9.84 Å². The normalized spacial score (nSPS) is 25.1. The minimum absolute atomic E-state index is 0.0660. The number of hydrogen-bond acceptors (Lipinski definition) is 4. The van der Waals surface area contributed by atoms with E-state index >= 15 is 0 Å². The van der Waals surface area contributed by atoms with Gasteiger partial charge in [-0.25, -0.2) is 5.01 Å². The second-order valence-electron chi connectivity index (χ2n) is 6.60. The molecule has 1 N–H and O–H groups in total. The van der Waals surface area contributed by atoms with Crippen molar-refractivity contribution in [3.8, 4) is 5.75 Å². The zero-order valence-corrected chi connectivity index (χ0v) is 14.9. The fraction of sp³-hybridized carbons (Fsp3) is 0.250. The molecule has 2 unspecified atom stereocenters. The number of aliphatic hydroxyl groups excluding tert-OH is 1. The van der Waals surface area contributed by atoms with Gasteiger partial charge < -0.3 is 9.84 Å². The Balaban J connectivity index is 1.80. The summed E-state index contributed by atoms with van der Waals surface area (Å²) < 4.78 is 6.21. The van der Waals surface area contributed by atoms with Crippen LogP contribution in [-0.2, 0) is 0 Å². The van der Waals surface area contributed by atoms with Crippen LogP contribution in [0.1, 0.15) is 37.4 Å². The minimum Gasteiger partial charge on any atom is -0.513 e. The first-order chi connectivity index (χ1) is 12.0. The van der Waals surface area contributed by atoms with Crippen LogP contribution in [0.15, 0.2) is 65.5 Å². The first-order valence-electron chi connectivity index (χ1n) is 8.25. The highest BCUT2D eigenvalue weighted by Gasteiger charge is 2.46. The van der Waals surface area contributed by atoms with Crippen LogP contribution in [0.2, 0.25) is 5.02 Å². The summed E-state index contributed by atoms with van der Waals surface area (Å²) in [4.78, 5) is 0. The molecule has 0 bridgehead atoms. The maximum atomic E-state index is 9.84. The molecule has 4 nitrogen and oxygen atoms in total. The van der Waals surface area contributed by atoms with Crippen molar-refractivity contribution >= 4 is 17.3 Å². The number of aliphatic hydroxyl groups is 1. The number of halogens is 1. The molecule has 5 heteroatoms. The summed E-state index contributed by atoms with van der Waals surface area (Å²) in [6, 6.07) is 15.8. The number of para-hydroxylation sites is 1. The van der Waals surface area contributed by atoms with Crippen LogP contribution in [0.5, 0.6) is 5.75 Å². The van der Waals surface area contributed by atoms with Gasteiger partial charge in [0.1, 0.15) is 5.75 Å². The minimum atomic E-state index is -0.841. The van der Waals surface area contributed by atoms with Gasteiger partial charge in [0.15, 0.2) is 0 Å². The van der Waals surface area contributed by atoms with E-state index in [9.17, 15) is 5.11 Å². The number of fused-ring (bicyclic) bond motifs is 3. The molecule has 2 aliphatic rings. The number of hydrogen-bond donors (Lipinski definition) is 1. The number of rotatable bonds is 2. The van der Waals surface area contributed by atoms with Crippen LogP contribution in [0.4, 0.5) is 0 Å². The summed E-state index contributed by atoms with van der Waals surface area (Å²) in [7, 11) is 0. The van der Waals surface area contributed by atoms with Crippen LogP contribution in [0.3, 0.4) is 0 Å². The van der Waals surface area contributed by atoms with Crippen molar-refractivity contribution in [1.82, 2.24) is 5.01 Å². The van der Waals surface area contributed by atoms with Crippen LogP contribution in [0.25, 0.3) is 0 Å². The SMILES string of the molecule is CC(O)=CC1(C)Oc2ccccc2C2CC(c3ccc(Cl)cc3)=NN21. The lowest BCUT2D eigenvalue weighted by atomic mass is 9.95. The Bertz CT molecular complexity index is 872. The van der Waals surface area contributed by atoms with Crippen LogP contribution < -0.4 is 4.74 Å². The Labute approximate surface area is 152 Å². The van der Waals surface area contributed by atoms with Crippen molar-refractivity contribution in [3.05, 3.63) is 76.5 Å². The fourth-order valence-electron chi connectivity index (χ4n) is 3.58. The zero-order valence-electron chi connectivity index (χ0n) is 14.1. The van der Waals surface area contributed by atoms with Gasteiger partial charge in [0.2, 0.25) is 5.72 Å². The molecule has 2 heterocycles. The van der Waals surface area contributed by atoms with E-state index in [2.05, 4.69) is 6.07 Å². The largest absolute Gasteiger partial charge is 0.513 e. The first kappa shape index (κ1) is 16.0. The smallest absolute Gasteiger partial charge is 0.218 e. The maximum absolute atomic E-state index is 9.84. The van der Waals surface area contributed by atoms with Gasteiger partial charge in [-0.1, -0.05) is 41.9 Å². The molecular weight excluding hydrogens is 336 g/mol. The molecule has 4 rings (SSSR count). The average Bonchev–Trinajstić information content (AvgIpc) is 3.01. The standard InChI is InChI=1S/C20H19ClN2O2/c1-13(24)12-20(2)23-18(16-5-3-4-6-19(16)25-20)11-17(22-23)14-7-9-15(21)10-8-14/h3-10,12,18,24H,11H2,1-2H3. The second-order valence-corrected chi connectivity index (χ2v) is 7.03. The summed E-state index contributed by atoms with van der Waals surface area (Å²) in [5.74, 6) is 1.03. The number of ether oxygens (including phenoxy) is 1. The Hall–Kier alpha value is -2.46. The average molecular weight is 355 g/mol. The highest BCUT2D eigenvalue weighted by atomic mass is 35.5. The summed E-state index contributed by atoms with van der Waals surface area (Å²) in [5.41, 5.74) is 2.30. The molecule has 0 aromatic heterocycles. The van der Waals surface area contributed by atoms with E-state index in [-0.39, 0.29) is 11.8 Å². The van der Waals surface area contributed by atoms with E-state index in [1.54, 1.807) is 13.0 Å². The topological polar surface area (TPSA) is 45.1 Å². The van der Waals surface area contributed by atoms with Crippen LogP contribution in [-0.4, -0.2) is 21.6 Å². The molecule has 0 fully saturated rings. The quantitative estimate of drug-likeness (QED) is 0.766. The lowest BCUT2D eigenvalue weighted by Gasteiger charge is -2.44. The molecule has 2 aromatic carbocycles. The molecule has 0 spiro atoms. The van der Waals surface area contributed by atoms with Gasteiger partial charge >= 0.3 is 0 Å². The molecule has 2 aromatic rings. The highest BCUT2D eigenvalue weighted by Crippen LogP contribution is 2.47. The third-order valence-electron chi connectivity index (χ3n) is 4.61. The van der Waals surface area contributed by atoms with Gasteiger partial charge in [0.05, 0.1) is 17.5 Å². The van der Waals surface area contributed by atoms with E-state index in [4.69, 9.17) is 21.4 Å². The van der Waals surface area contributed by atoms with Gasteiger partial charge in [-0.15, -0.1) is 0 Å². The summed E-state index contributed by atoms with van der Waals surface area (Å²) in [6.45, 7) is 3.56. The van der Waals surface area contributed by atoms with Gasteiger partial charge in [-0.3, -0.25) is 0 Å². The number of benzene rings is 2. The molecule has 2 aliphatic heterocycles. The molecule has 0 saturated carbocycles. The van der Waals surface area contributed by atoms with Crippen LogP contribution >= 0.6 is 11.6 Å². The lowest BCUT2D eigenvalue weighted by Crippen LogP contribution is -2.50.